The van der Waals surface area contributed by atoms with Gasteiger partial charge >= 0.3 is 0 Å². The molecule has 1 saturated heterocycles. The van der Waals surface area contributed by atoms with Crippen LogP contribution in [0.5, 0.6) is 0 Å². The summed E-state index contributed by atoms with van der Waals surface area (Å²) in [4.78, 5) is 39.6. The van der Waals surface area contributed by atoms with E-state index in [1.165, 1.54) is 49.8 Å². The number of allylic oxidation sites excluding steroid dienone is 2. The average Bonchev–Trinajstić information content (AvgIpc) is 3.04. The molecular weight excluding hydrogens is 400 g/mol. The number of imide groups is 1. The van der Waals surface area contributed by atoms with Crippen molar-refractivity contribution in [1.29, 1.82) is 0 Å². The summed E-state index contributed by atoms with van der Waals surface area (Å²) in [5.74, 6) is -0.765. The van der Waals surface area contributed by atoms with E-state index in [0.717, 1.165) is 12.8 Å². The molecule has 2 aliphatic rings. The third kappa shape index (κ3) is 6.08. The number of fused-ring (bicyclic) bond motifs is 1. The SMILES string of the molecule is CCCCCCCCCCCC(=O)Nc1cccc(N2C(=O)[C@H]3[C@H](C)C=CC[C@H]3C2=O)c1. The van der Waals surface area contributed by atoms with Crippen molar-refractivity contribution in [1.82, 2.24) is 0 Å². The Labute approximate surface area is 192 Å². The van der Waals surface area contributed by atoms with Gasteiger partial charge in [-0.3, -0.25) is 14.4 Å². The number of hydrogen-bond donors (Lipinski definition) is 1. The van der Waals surface area contributed by atoms with E-state index in [1.807, 2.05) is 19.1 Å². The highest BCUT2D eigenvalue weighted by Crippen LogP contribution is 2.40. The molecule has 3 amide bonds. The van der Waals surface area contributed by atoms with Gasteiger partial charge in [0.05, 0.1) is 17.5 Å². The van der Waals surface area contributed by atoms with Gasteiger partial charge in [0.1, 0.15) is 0 Å². The van der Waals surface area contributed by atoms with Gasteiger partial charge in [-0.25, -0.2) is 4.90 Å². The molecule has 5 heteroatoms. The topological polar surface area (TPSA) is 66.5 Å². The lowest BCUT2D eigenvalue weighted by atomic mass is 9.78. The first kappa shape index (κ1) is 24.2. The van der Waals surface area contributed by atoms with Crippen molar-refractivity contribution in [2.75, 3.05) is 10.2 Å². The molecule has 174 valence electrons. The van der Waals surface area contributed by atoms with Crippen LogP contribution >= 0.6 is 0 Å². The molecule has 0 aromatic heterocycles. The molecule has 1 aliphatic heterocycles. The third-order valence-corrected chi connectivity index (χ3v) is 6.77. The standard InChI is InChI=1S/C27H38N2O3/c1-3-4-5-6-7-8-9-10-11-18-24(30)28-21-15-13-16-22(19-21)29-26(31)23-17-12-14-20(2)25(23)27(29)32/h12-16,19-20,23,25H,3-11,17-18H2,1-2H3,(H,28,30)/t20-,23-,25+/m1/s1. The van der Waals surface area contributed by atoms with Crippen molar-refractivity contribution in [2.24, 2.45) is 17.8 Å². The molecule has 0 saturated carbocycles. The Morgan fingerprint density at radius 1 is 1.00 bits per heavy atom. The first-order valence-corrected chi connectivity index (χ1v) is 12.5. The molecular formula is C27H38N2O3. The quantitative estimate of drug-likeness (QED) is 0.238. The van der Waals surface area contributed by atoms with Crippen LogP contribution in [-0.2, 0) is 14.4 Å². The highest BCUT2D eigenvalue weighted by molar-refractivity contribution is 6.22. The Morgan fingerprint density at radius 2 is 1.69 bits per heavy atom. The smallest absolute Gasteiger partial charge is 0.238 e. The van der Waals surface area contributed by atoms with Crippen LogP contribution in [-0.4, -0.2) is 17.7 Å². The number of anilines is 2. The van der Waals surface area contributed by atoms with E-state index in [-0.39, 0.29) is 35.5 Å². The molecule has 0 radical (unpaired) electrons. The molecule has 0 spiro atoms. The number of nitrogens with one attached hydrogen (secondary N) is 1. The van der Waals surface area contributed by atoms with Gasteiger partial charge < -0.3 is 5.32 Å². The molecule has 1 aromatic rings. The molecule has 0 unspecified atom stereocenters. The number of unbranched alkanes of at least 4 members (excludes halogenated alkanes) is 8. The van der Waals surface area contributed by atoms with E-state index >= 15 is 0 Å². The summed E-state index contributed by atoms with van der Waals surface area (Å²) in [5, 5.41) is 2.93. The summed E-state index contributed by atoms with van der Waals surface area (Å²) >= 11 is 0. The molecule has 1 aliphatic carbocycles. The number of carbonyl (C=O) groups excluding carboxylic acids is 3. The number of nitrogens with zero attached hydrogens (tertiary/aromatic N) is 1. The third-order valence-electron chi connectivity index (χ3n) is 6.77. The van der Waals surface area contributed by atoms with Crippen LogP contribution in [0.1, 0.15) is 84.5 Å². The van der Waals surface area contributed by atoms with Crippen molar-refractivity contribution < 1.29 is 14.4 Å². The number of benzene rings is 1. The Kier molecular flexibility index (Phi) is 9.07. The van der Waals surface area contributed by atoms with Crippen LogP contribution in [0.15, 0.2) is 36.4 Å². The lowest BCUT2D eigenvalue weighted by Gasteiger charge is -2.22. The van der Waals surface area contributed by atoms with Crippen molar-refractivity contribution in [3.8, 4) is 0 Å². The first-order chi connectivity index (χ1) is 15.5. The van der Waals surface area contributed by atoms with Gasteiger partial charge in [-0.1, -0.05) is 83.4 Å². The summed E-state index contributed by atoms with van der Waals surface area (Å²) in [7, 11) is 0. The van der Waals surface area contributed by atoms with Crippen molar-refractivity contribution in [3.63, 3.8) is 0 Å². The number of hydrogen-bond acceptors (Lipinski definition) is 3. The van der Waals surface area contributed by atoms with E-state index < -0.39 is 0 Å². The number of rotatable bonds is 12. The Morgan fingerprint density at radius 3 is 2.38 bits per heavy atom. The fourth-order valence-corrected chi connectivity index (χ4v) is 4.94. The van der Waals surface area contributed by atoms with Gasteiger partial charge in [0.25, 0.3) is 0 Å². The molecule has 1 N–H and O–H groups in total. The molecule has 5 nitrogen and oxygen atoms in total. The molecule has 3 atom stereocenters. The van der Waals surface area contributed by atoms with Gasteiger partial charge in [0, 0.05) is 12.1 Å². The zero-order chi connectivity index (χ0) is 22.9. The number of carbonyl (C=O) groups is 3. The lowest BCUT2D eigenvalue weighted by Crippen LogP contribution is -2.31. The first-order valence-electron chi connectivity index (χ1n) is 12.5. The highest BCUT2D eigenvalue weighted by atomic mass is 16.2. The predicted molar refractivity (Wildman–Crippen MR) is 129 cm³/mol. The minimum Gasteiger partial charge on any atom is -0.326 e. The van der Waals surface area contributed by atoms with Gasteiger partial charge in [-0.05, 0) is 37.0 Å². The average molecular weight is 439 g/mol. The fourth-order valence-electron chi connectivity index (χ4n) is 4.94. The molecule has 1 aromatic carbocycles. The van der Waals surface area contributed by atoms with E-state index in [2.05, 4.69) is 12.2 Å². The van der Waals surface area contributed by atoms with Gasteiger partial charge in [0.2, 0.25) is 17.7 Å². The minimum absolute atomic E-state index is 0.0179. The Balaban J connectivity index is 1.46. The summed E-state index contributed by atoms with van der Waals surface area (Å²) in [6.45, 7) is 4.22. The monoisotopic (exact) mass is 438 g/mol. The molecule has 0 bridgehead atoms. The molecule has 1 fully saturated rings. The van der Waals surface area contributed by atoms with Crippen LogP contribution < -0.4 is 10.2 Å². The summed E-state index contributed by atoms with van der Waals surface area (Å²) in [6, 6.07) is 7.09. The van der Waals surface area contributed by atoms with Gasteiger partial charge in [-0.2, -0.15) is 0 Å². The normalized spacial score (nSPS) is 22.3. The largest absolute Gasteiger partial charge is 0.326 e. The van der Waals surface area contributed by atoms with E-state index in [9.17, 15) is 14.4 Å². The number of amides is 3. The minimum atomic E-state index is -0.280. The van der Waals surface area contributed by atoms with Crippen LogP contribution in [0.2, 0.25) is 0 Å². The van der Waals surface area contributed by atoms with Crippen LogP contribution in [0, 0.1) is 17.8 Å². The zero-order valence-corrected chi connectivity index (χ0v) is 19.6. The van der Waals surface area contributed by atoms with Crippen LogP contribution in [0.4, 0.5) is 11.4 Å². The van der Waals surface area contributed by atoms with E-state index in [4.69, 9.17) is 0 Å². The summed E-state index contributed by atoms with van der Waals surface area (Å²) in [6.07, 6.45) is 16.1. The van der Waals surface area contributed by atoms with Crippen LogP contribution in [0.25, 0.3) is 0 Å². The maximum Gasteiger partial charge on any atom is 0.238 e. The zero-order valence-electron chi connectivity index (χ0n) is 19.6. The Bertz CT molecular complexity index is 832. The van der Waals surface area contributed by atoms with Crippen LogP contribution in [0.3, 0.4) is 0 Å². The predicted octanol–water partition coefficient (Wildman–Crippen LogP) is 6.25. The molecule has 3 rings (SSSR count). The van der Waals surface area contributed by atoms with Gasteiger partial charge in [-0.15, -0.1) is 0 Å². The second kappa shape index (κ2) is 12.0. The van der Waals surface area contributed by atoms with E-state index in [1.54, 1.807) is 24.3 Å². The molecule has 1 heterocycles. The maximum absolute atomic E-state index is 13.0. The summed E-state index contributed by atoms with van der Waals surface area (Å²) in [5.41, 5.74) is 1.17. The van der Waals surface area contributed by atoms with Crippen molar-refractivity contribution in [3.05, 3.63) is 36.4 Å². The van der Waals surface area contributed by atoms with Crippen molar-refractivity contribution >= 4 is 29.1 Å². The maximum atomic E-state index is 13.0. The Hall–Kier alpha value is -2.43. The molecule has 32 heavy (non-hydrogen) atoms. The lowest BCUT2D eigenvalue weighted by molar-refractivity contribution is -0.122. The van der Waals surface area contributed by atoms with Crippen molar-refractivity contribution in [2.45, 2.75) is 84.5 Å². The van der Waals surface area contributed by atoms with E-state index in [0.29, 0.717) is 24.2 Å². The summed E-state index contributed by atoms with van der Waals surface area (Å²) < 4.78 is 0. The second-order valence-electron chi connectivity index (χ2n) is 9.34. The second-order valence-corrected chi connectivity index (χ2v) is 9.34. The fraction of sp³-hybridized carbons (Fsp3) is 0.593. The highest BCUT2D eigenvalue weighted by Gasteiger charge is 2.50. The van der Waals surface area contributed by atoms with Gasteiger partial charge in [0.15, 0.2) is 0 Å².